The Morgan fingerprint density at radius 3 is 2.69 bits per heavy atom. The van der Waals surface area contributed by atoms with Crippen molar-refractivity contribution < 1.29 is 9.90 Å². The number of amides is 1. The molecule has 0 saturated heterocycles. The van der Waals surface area contributed by atoms with Gasteiger partial charge in [-0.3, -0.25) is 4.79 Å². The standard InChI is InChI=1S/C10H8ClN3O2/c11-8-3-1-7(2-4-8)10(16)13-5-9(15)6-14-12/h1-4,6H,5H2,(H-,13,15,16)/p+1. The molecule has 0 radical (unpaired) electrons. The number of hydrogen-bond donors (Lipinski definition) is 2. The van der Waals surface area contributed by atoms with E-state index in [4.69, 9.17) is 22.1 Å². The number of rotatable bonds is 3. The first-order valence-corrected chi connectivity index (χ1v) is 4.77. The largest absolute Gasteiger partial charge is 0.504 e. The molecule has 0 saturated carbocycles. The van der Waals surface area contributed by atoms with E-state index in [9.17, 15) is 4.79 Å². The summed E-state index contributed by atoms with van der Waals surface area (Å²) in [5, 5.41) is 20.1. The summed E-state index contributed by atoms with van der Waals surface area (Å²) in [7, 11) is 0. The Morgan fingerprint density at radius 1 is 1.50 bits per heavy atom. The Morgan fingerprint density at radius 2 is 2.12 bits per heavy atom. The molecular weight excluding hydrogens is 230 g/mol. The minimum atomic E-state index is -0.352. The summed E-state index contributed by atoms with van der Waals surface area (Å²) in [6, 6.07) is 6.31. The normalized spacial score (nSPS) is 10.6. The molecule has 16 heavy (non-hydrogen) atoms. The van der Waals surface area contributed by atoms with Crippen molar-refractivity contribution >= 4 is 17.5 Å². The topological polar surface area (TPSA) is 77.5 Å². The zero-order valence-corrected chi connectivity index (χ0v) is 8.98. The monoisotopic (exact) mass is 238 g/mol. The average molecular weight is 239 g/mol. The lowest BCUT2D eigenvalue weighted by molar-refractivity contribution is 0.0952. The first kappa shape index (κ1) is 12.0. The van der Waals surface area contributed by atoms with Gasteiger partial charge in [0.2, 0.25) is 5.39 Å². The summed E-state index contributed by atoms with van der Waals surface area (Å²) in [5.74, 6) is -0.598. The fourth-order valence-corrected chi connectivity index (χ4v) is 1.11. The van der Waals surface area contributed by atoms with Crippen LogP contribution in [0.25, 0.3) is 4.98 Å². The van der Waals surface area contributed by atoms with Crippen LogP contribution in [0.5, 0.6) is 0 Å². The number of nitrogens with zero attached hydrogens (tertiary/aromatic N) is 2. The number of carbonyl (C=O) groups excluding carboxylic acids is 1. The Hall–Kier alpha value is -2.06. The Labute approximate surface area is 97.0 Å². The maximum atomic E-state index is 11.5. The molecule has 0 aliphatic rings. The Kier molecular flexibility index (Phi) is 4.30. The smallest absolute Gasteiger partial charge is 0.389 e. The van der Waals surface area contributed by atoms with E-state index in [1.54, 1.807) is 24.3 Å². The van der Waals surface area contributed by atoms with Crippen molar-refractivity contribution in [3.63, 3.8) is 0 Å². The maximum absolute atomic E-state index is 11.5. The van der Waals surface area contributed by atoms with Crippen molar-refractivity contribution in [1.29, 1.82) is 5.39 Å². The third-order valence-corrected chi connectivity index (χ3v) is 2.00. The number of hydrogen-bond acceptors (Lipinski definition) is 3. The van der Waals surface area contributed by atoms with Gasteiger partial charge in [0.25, 0.3) is 5.91 Å². The fraction of sp³-hybridized carbons (Fsp3) is 0.100. The summed E-state index contributed by atoms with van der Waals surface area (Å²) < 4.78 is 0. The summed E-state index contributed by atoms with van der Waals surface area (Å²) in [6.45, 7) is -0.106. The molecule has 0 aliphatic carbocycles. The van der Waals surface area contributed by atoms with Crippen LogP contribution >= 0.6 is 11.6 Å². The quantitative estimate of drug-likeness (QED) is 0.627. The average Bonchev–Trinajstić information content (AvgIpc) is 2.27. The van der Waals surface area contributed by atoms with Gasteiger partial charge < -0.3 is 10.4 Å². The van der Waals surface area contributed by atoms with E-state index >= 15 is 0 Å². The van der Waals surface area contributed by atoms with Crippen molar-refractivity contribution in [3.8, 4) is 0 Å². The number of diazo groups is 1. The van der Waals surface area contributed by atoms with Crippen LogP contribution in [0.1, 0.15) is 10.4 Å². The number of nitrogens with one attached hydrogen (secondary N) is 1. The van der Waals surface area contributed by atoms with E-state index in [1.165, 1.54) is 0 Å². The van der Waals surface area contributed by atoms with Crippen molar-refractivity contribution in [1.82, 2.24) is 5.32 Å². The molecule has 82 valence electrons. The van der Waals surface area contributed by atoms with Crippen LogP contribution in [0.15, 0.2) is 36.2 Å². The van der Waals surface area contributed by atoms with Gasteiger partial charge in [-0.15, -0.1) is 0 Å². The molecule has 1 aromatic carbocycles. The molecule has 2 N–H and O–H groups in total. The van der Waals surface area contributed by atoms with Gasteiger partial charge >= 0.3 is 6.20 Å². The summed E-state index contributed by atoms with van der Waals surface area (Å²) >= 11 is 5.66. The molecule has 1 rings (SSSR count). The van der Waals surface area contributed by atoms with E-state index in [-0.39, 0.29) is 18.2 Å². The van der Waals surface area contributed by atoms with Gasteiger partial charge in [-0.05, 0) is 24.3 Å². The second-order valence-corrected chi connectivity index (χ2v) is 3.36. The number of benzene rings is 1. The van der Waals surface area contributed by atoms with Crippen LogP contribution in [0, 0.1) is 5.39 Å². The highest BCUT2D eigenvalue weighted by Gasteiger charge is 2.06. The number of aliphatic hydroxyl groups excluding tert-OH is 1. The van der Waals surface area contributed by atoms with Gasteiger partial charge in [0.15, 0.2) is 10.7 Å². The zero-order chi connectivity index (χ0) is 12.0. The molecule has 0 heterocycles. The van der Waals surface area contributed by atoms with Gasteiger partial charge in [-0.25, -0.2) is 0 Å². The molecule has 0 aliphatic heterocycles. The molecule has 0 spiro atoms. The second-order valence-electron chi connectivity index (χ2n) is 2.93. The van der Waals surface area contributed by atoms with Gasteiger partial charge in [-0.2, -0.15) is 0 Å². The van der Waals surface area contributed by atoms with Crippen molar-refractivity contribution in [2.45, 2.75) is 0 Å². The fourth-order valence-electron chi connectivity index (χ4n) is 0.986. The van der Waals surface area contributed by atoms with E-state index in [0.29, 0.717) is 10.6 Å². The lowest BCUT2D eigenvalue weighted by atomic mass is 10.2. The van der Waals surface area contributed by atoms with Gasteiger partial charge in [0, 0.05) is 10.6 Å². The highest BCUT2D eigenvalue weighted by molar-refractivity contribution is 6.30. The predicted molar refractivity (Wildman–Crippen MR) is 59.6 cm³/mol. The summed E-state index contributed by atoms with van der Waals surface area (Å²) in [6.07, 6.45) is 0.835. The molecule has 1 aromatic rings. The molecule has 5 nitrogen and oxygen atoms in total. The molecule has 1 amide bonds. The lowest BCUT2D eigenvalue weighted by Crippen LogP contribution is -2.25. The highest BCUT2D eigenvalue weighted by Crippen LogP contribution is 2.09. The number of carbonyl (C=O) groups is 1. The number of aliphatic hydroxyl groups is 1. The van der Waals surface area contributed by atoms with Crippen LogP contribution in [0.2, 0.25) is 5.02 Å². The Balaban J connectivity index is 2.57. The van der Waals surface area contributed by atoms with E-state index in [0.717, 1.165) is 6.20 Å². The minimum Gasteiger partial charge on any atom is -0.504 e. The number of halogens is 1. The zero-order valence-electron chi connectivity index (χ0n) is 8.22. The van der Waals surface area contributed by atoms with E-state index in [1.807, 2.05) is 0 Å². The summed E-state index contributed by atoms with van der Waals surface area (Å²) in [5.41, 5.74) is 0.429. The minimum absolute atomic E-state index is 0.106. The van der Waals surface area contributed by atoms with Crippen LogP contribution in [0.3, 0.4) is 0 Å². The molecule has 0 fully saturated rings. The van der Waals surface area contributed by atoms with Crippen LogP contribution in [-0.2, 0) is 0 Å². The van der Waals surface area contributed by atoms with Gasteiger partial charge in [0.05, 0.1) is 6.54 Å². The van der Waals surface area contributed by atoms with Gasteiger partial charge in [0.1, 0.15) is 0 Å². The molecule has 0 aromatic heterocycles. The molecule has 6 heteroatoms. The molecule has 0 atom stereocenters. The third-order valence-electron chi connectivity index (χ3n) is 1.74. The van der Waals surface area contributed by atoms with Crippen molar-refractivity contribution in [2.75, 3.05) is 6.54 Å². The molecular formula is C10H9ClN3O2+. The van der Waals surface area contributed by atoms with Crippen molar-refractivity contribution in [3.05, 3.63) is 51.8 Å². The third kappa shape index (κ3) is 3.59. The first-order valence-electron chi connectivity index (χ1n) is 4.39. The SMILES string of the molecule is N#[N+]C=C(O)CNC(=O)c1ccc(Cl)cc1. The van der Waals surface area contributed by atoms with E-state index < -0.39 is 0 Å². The molecule has 0 unspecified atom stereocenters. The van der Waals surface area contributed by atoms with Crippen LogP contribution in [-0.4, -0.2) is 17.6 Å². The van der Waals surface area contributed by atoms with Crippen LogP contribution < -0.4 is 5.32 Å². The molecule has 0 bridgehead atoms. The predicted octanol–water partition coefficient (Wildman–Crippen LogP) is 2.32. The Bertz CT molecular complexity index is 448. The highest BCUT2D eigenvalue weighted by atomic mass is 35.5. The summed E-state index contributed by atoms with van der Waals surface area (Å²) in [4.78, 5) is 14.1. The van der Waals surface area contributed by atoms with Crippen molar-refractivity contribution in [2.24, 2.45) is 0 Å². The second kappa shape index (κ2) is 5.73. The lowest BCUT2D eigenvalue weighted by Gasteiger charge is -2.02. The maximum Gasteiger partial charge on any atom is 0.389 e. The van der Waals surface area contributed by atoms with E-state index in [2.05, 4.69) is 10.3 Å². The van der Waals surface area contributed by atoms with Gasteiger partial charge in [-0.1, -0.05) is 11.6 Å². The van der Waals surface area contributed by atoms with Crippen LogP contribution in [0.4, 0.5) is 0 Å². The first-order chi connectivity index (χ1) is 7.63.